The molecule has 0 spiro atoms. The lowest BCUT2D eigenvalue weighted by atomic mass is 9.85. The van der Waals surface area contributed by atoms with Crippen molar-refractivity contribution in [3.8, 4) is 6.07 Å². The maximum Gasteiger partial charge on any atom is 0.222 e. The van der Waals surface area contributed by atoms with Gasteiger partial charge in [-0.05, 0) is 54.2 Å². The van der Waals surface area contributed by atoms with E-state index in [4.69, 9.17) is 4.74 Å². The SMILES string of the molecule is CCc1ccc(Cc2cc([C@]3(O)O[C@H](CO)[C@@H](O)[C@H](O)[C@H]3O)cc(C#N)c2C)cc1. The predicted molar refractivity (Wildman–Crippen MR) is 108 cm³/mol. The summed E-state index contributed by atoms with van der Waals surface area (Å²) in [5, 5.41) is 60.7. The average molecular weight is 413 g/mol. The standard InChI is InChI=1S/C23H27NO6/c1-3-14-4-6-15(7-5-14)8-16-9-18(10-17(11-24)13(16)2)23(29)22(28)21(27)20(26)19(12-25)30-23/h4-7,9-10,19-22,25-29H,3,8,12H2,1-2H3/t19-,20-,21+,22-,23+/m1/s1. The summed E-state index contributed by atoms with van der Waals surface area (Å²) in [6.07, 6.45) is -5.07. The molecule has 0 aliphatic carbocycles. The lowest BCUT2D eigenvalue weighted by Crippen LogP contribution is -2.63. The van der Waals surface area contributed by atoms with Gasteiger partial charge in [-0.1, -0.05) is 31.2 Å². The fourth-order valence-corrected chi connectivity index (χ4v) is 3.79. The zero-order valence-electron chi connectivity index (χ0n) is 17.0. The van der Waals surface area contributed by atoms with Gasteiger partial charge in [0.2, 0.25) is 5.79 Å². The molecule has 0 bridgehead atoms. The van der Waals surface area contributed by atoms with Crippen molar-refractivity contribution in [2.45, 2.75) is 56.9 Å². The van der Waals surface area contributed by atoms with Gasteiger partial charge in [-0.25, -0.2) is 0 Å². The second-order valence-electron chi connectivity index (χ2n) is 7.73. The second-order valence-corrected chi connectivity index (χ2v) is 7.73. The van der Waals surface area contributed by atoms with E-state index in [2.05, 4.69) is 13.0 Å². The second kappa shape index (κ2) is 8.82. The third-order valence-corrected chi connectivity index (χ3v) is 5.84. The fraction of sp³-hybridized carbons (Fsp3) is 0.435. The van der Waals surface area contributed by atoms with Crippen LogP contribution in [0.3, 0.4) is 0 Å². The van der Waals surface area contributed by atoms with Gasteiger partial charge in [-0.2, -0.15) is 5.26 Å². The van der Waals surface area contributed by atoms with Crippen LogP contribution < -0.4 is 0 Å². The van der Waals surface area contributed by atoms with Crippen LogP contribution >= 0.6 is 0 Å². The van der Waals surface area contributed by atoms with E-state index >= 15 is 0 Å². The summed E-state index contributed by atoms with van der Waals surface area (Å²) >= 11 is 0. The van der Waals surface area contributed by atoms with E-state index in [9.17, 15) is 30.8 Å². The molecule has 0 radical (unpaired) electrons. The van der Waals surface area contributed by atoms with E-state index in [1.165, 1.54) is 11.6 Å². The number of hydrogen-bond acceptors (Lipinski definition) is 7. The van der Waals surface area contributed by atoms with Crippen LogP contribution in [0.15, 0.2) is 36.4 Å². The molecular weight excluding hydrogens is 386 g/mol. The number of aliphatic hydroxyl groups excluding tert-OH is 4. The van der Waals surface area contributed by atoms with Crippen LogP contribution in [-0.4, -0.2) is 56.6 Å². The normalized spacial score (nSPS) is 28.9. The number of nitriles is 1. The number of aliphatic hydroxyl groups is 5. The van der Waals surface area contributed by atoms with Crippen LogP contribution in [0, 0.1) is 18.3 Å². The van der Waals surface area contributed by atoms with Gasteiger partial charge < -0.3 is 30.3 Å². The van der Waals surface area contributed by atoms with Crippen LogP contribution in [0.2, 0.25) is 0 Å². The van der Waals surface area contributed by atoms with E-state index in [1.54, 1.807) is 13.0 Å². The molecule has 7 heteroatoms. The highest BCUT2D eigenvalue weighted by atomic mass is 16.7. The van der Waals surface area contributed by atoms with Crippen molar-refractivity contribution in [3.05, 3.63) is 69.8 Å². The lowest BCUT2D eigenvalue weighted by Gasteiger charge is -2.45. The molecule has 3 rings (SSSR count). The summed E-state index contributed by atoms with van der Waals surface area (Å²) in [6.45, 7) is 3.21. The Balaban J connectivity index is 2.04. The van der Waals surface area contributed by atoms with E-state index in [1.807, 2.05) is 24.3 Å². The molecule has 2 aromatic rings. The molecule has 5 atom stereocenters. The lowest BCUT2D eigenvalue weighted by molar-refractivity contribution is -0.357. The van der Waals surface area contributed by atoms with Crippen molar-refractivity contribution in [1.29, 1.82) is 5.26 Å². The van der Waals surface area contributed by atoms with Crippen molar-refractivity contribution in [1.82, 2.24) is 0 Å². The van der Waals surface area contributed by atoms with Crippen molar-refractivity contribution < 1.29 is 30.3 Å². The van der Waals surface area contributed by atoms with Crippen LogP contribution in [0.5, 0.6) is 0 Å². The minimum absolute atomic E-state index is 0.0710. The van der Waals surface area contributed by atoms with Gasteiger partial charge >= 0.3 is 0 Å². The first-order chi connectivity index (χ1) is 14.2. The highest BCUT2D eigenvalue weighted by Gasteiger charge is 2.53. The molecule has 5 N–H and O–H groups in total. The monoisotopic (exact) mass is 413 g/mol. The summed E-state index contributed by atoms with van der Waals surface area (Å²) < 4.78 is 5.42. The van der Waals surface area contributed by atoms with Gasteiger partial charge in [0.25, 0.3) is 0 Å². The number of rotatable bonds is 5. The third kappa shape index (κ3) is 3.98. The van der Waals surface area contributed by atoms with Crippen molar-refractivity contribution in [3.63, 3.8) is 0 Å². The number of hydrogen-bond donors (Lipinski definition) is 5. The molecule has 2 aromatic carbocycles. The van der Waals surface area contributed by atoms with Gasteiger partial charge in [-0.3, -0.25) is 0 Å². The van der Waals surface area contributed by atoms with Crippen molar-refractivity contribution >= 4 is 0 Å². The van der Waals surface area contributed by atoms with Gasteiger partial charge in [0, 0.05) is 5.56 Å². The highest BCUT2D eigenvalue weighted by molar-refractivity contribution is 5.48. The molecule has 0 amide bonds. The molecule has 1 heterocycles. The minimum atomic E-state index is -2.40. The van der Waals surface area contributed by atoms with Crippen LogP contribution in [-0.2, 0) is 23.4 Å². The first-order valence-corrected chi connectivity index (χ1v) is 9.92. The Morgan fingerprint density at radius 2 is 1.70 bits per heavy atom. The van der Waals surface area contributed by atoms with E-state index in [0.29, 0.717) is 6.42 Å². The first-order valence-electron chi connectivity index (χ1n) is 9.92. The quantitative estimate of drug-likeness (QED) is 0.486. The molecule has 30 heavy (non-hydrogen) atoms. The van der Waals surface area contributed by atoms with Gasteiger partial charge in [0.1, 0.15) is 24.4 Å². The molecule has 1 fully saturated rings. The molecule has 7 nitrogen and oxygen atoms in total. The Morgan fingerprint density at radius 1 is 1.07 bits per heavy atom. The maximum absolute atomic E-state index is 11.1. The van der Waals surface area contributed by atoms with Gasteiger partial charge in [0.05, 0.1) is 18.2 Å². The minimum Gasteiger partial charge on any atom is -0.394 e. The molecular formula is C23H27NO6. The van der Waals surface area contributed by atoms with Gasteiger partial charge in [0.15, 0.2) is 0 Å². The van der Waals surface area contributed by atoms with Crippen molar-refractivity contribution in [2.75, 3.05) is 6.61 Å². The molecule has 1 saturated heterocycles. The van der Waals surface area contributed by atoms with Crippen LogP contribution in [0.4, 0.5) is 0 Å². The molecule has 1 aliphatic heterocycles. The summed E-state index contributed by atoms with van der Waals surface area (Å²) in [5.41, 5.74) is 4.06. The first kappa shape index (κ1) is 22.4. The summed E-state index contributed by atoms with van der Waals surface area (Å²) in [4.78, 5) is 0. The van der Waals surface area contributed by atoms with Crippen LogP contribution in [0.25, 0.3) is 0 Å². The molecule has 160 valence electrons. The topological polar surface area (TPSA) is 134 Å². The Kier molecular flexibility index (Phi) is 6.58. The Bertz CT molecular complexity index is 936. The third-order valence-electron chi connectivity index (χ3n) is 5.84. The van der Waals surface area contributed by atoms with Crippen molar-refractivity contribution in [2.24, 2.45) is 0 Å². The van der Waals surface area contributed by atoms with Gasteiger partial charge in [-0.15, -0.1) is 0 Å². The smallest absolute Gasteiger partial charge is 0.222 e. The summed E-state index contributed by atoms with van der Waals surface area (Å²) in [6, 6.07) is 13.2. The highest BCUT2D eigenvalue weighted by Crippen LogP contribution is 2.38. The fourth-order valence-electron chi connectivity index (χ4n) is 3.79. The molecule has 0 unspecified atom stereocenters. The number of ether oxygens (including phenoxy) is 1. The Labute approximate surface area is 175 Å². The number of nitrogens with zero attached hydrogens (tertiary/aromatic N) is 1. The van der Waals surface area contributed by atoms with E-state index in [0.717, 1.165) is 23.1 Å². The molecule has 1 aliphatic rings. The Hall–Kier alpha value is -2.31. The largest absolute Gasteiger partial charge is 0.394 e. The predicted octanol–water partition coefficient (Wildman–Crippen LogP) is 0.639. The maximum atomic E-state index is 11.1. The van der Waals surface area contributed by atoms with Crippen LogP contribution in [0.1, 0.15) is 40.3 Å². The van der Waals surface area contributed by atoms with E-state index < -0.39 is 36.8 Å². The molecule has 0 aromatic heterocycles. The average Bonchev–Trinajstić information content (AvgIpc) is 2.76. The Morgan fingerprint density at radius 3 is 2.27 bits per heavy atom. The van der Waals surface area contributed by atoms with E-state index in [-0.39, 0.29) is 11.1 Å². The molecule has 0 saturated carbocycles. The summed E-state index contributed by atoms with van der Waals surface area (Å²) in [7, 11) is 0. The number of aryl methyl sites for hydroxylation is 1. The zero-order chi connectivity index (χ0) is 22.1. The summed E-state index contributed by atoms with van der Waals surface area (Å²) in [5.74, 6) is -2.40. The number of benzene rings is 2. The zero-order valence-corrected chi connectivity index (χ0v) is 17.0.